The summed E-state index contributed by atoms with van der Waals surface area (Å²) in [7, 11) is 0. The number of allylic oxidation sites excluding steroid dienone is 1. The van der Waals surface area contributed by atoms with Crippen molar-refractivity contribution < 1.29 is 21.1 Å². The van der Waals surface area contributed by atoms with Crippen molar-refractivity contribution >= 4 is 6.21 Å². The molecule has 10 heavy (non-hydrogen) atoms. The van der Waals surface area contributed by atoms with Gasteiger partial charge in [-0.15, -0.1) is 6.21 Å². The Balaban J connectivity index is 0.000000810. The van der Waals surface area contributed by atoms with Gasteiger partial charge in [0, 0.05) is 21.1 Å². The minimum absolute atomic E-state index is 0. The second kappa shape index (κ2) is 3.48. The molecule has 2 heteroatoms. The number of hydrogen-bond acceptors (Lipinski definition) is 1. The zero-order valence-corrected chi connectivity index (χ0v) is 9.57. The molecule has 0 aromatic rings. The zero-order chi connectivity index (χ0) is 6.91. The minimum atomic E-state index is 0. The van der Waals surface area contributed by atoms with Gasteiger partial charge in [-0.2, -0.15) is 5.57 Å². The first kappa shape index (κ1) is 10.1. The van der Waals surface area contributed by atoms with Crippen LogP contribution in [-0.4, -0.2) is 12.8 Å². The van der Waals surface area contributed by atoms with Crippen LogP contribution in [-0.2, 0) is 21.1 Å². The van der Waals surface area contributed by atoms with E-state index in [-0.39, 0.29) is 26.5 Å². The Labute approximate surface area is 76.9 Å². The molecular formula is C8H12NW-. The molecule has 0 aliphatic carbocycles. The summed E-state index contributed by atoms with van der Waals surface area (Å²) >= 11 is 0. The van der Waals surface area contributed by atoms with Crippen LogP contribution in [0.4, 0.5) is 0 Å². The monoisotopic (exact) mass is 306 g/mol. The molecule has 0 saturated carbocycles. The molecule has 0 atom stereocenters. The summed E-state index contributed by atoms with van der Waals surface area (Å²) in [6, 6.07) is 0. The predicted molar refractivity (Wildman–Crippen MR) is 39.6 cm³/mol. The molecule has 0 unspecified atom stereocenters. The van der Waals surface area contributed by atoms with Gasteiger partial charge in [-0.3, -0.25) is 0 Å². The van der Waals surface area contributed by atoms with Crippen molar-refractivity contribution in [3.05, 3.63) is 11.6 Å². The molecule has 0 bridgehead atoms. The molecule has 0 aromatic heterocycles. The number of nitrogens with zero attached hydrogens (tertiary/aromatic N) is 1. The largest absolute Gasteiger partial charge is 0.401 e. The second-order valence-electron chi connectivity index (χ2n) is 3.31. The van der Waals surface area contributed by atoms with Crippen molar-refractivity contribution in [2.75, 3.05) is 6.54 Å². The van der Waals surface area contributed by atoms with Gasteiger partial charge >= 0.3 is 0 Å². The van der Waals surface area contributed by atoms with Crippen LogP contribution in [0.1, 0.15) is 20.8 Å². The topological polar surface area (TPSA) is 12.4 Å². The van der Waals surface area contributed by atoms with E-state index >= 15 is 0 Å². The molecule has 0 N–H and O–H groups in total. The quantitative estimate of drug-likeness (QED) is 0.606. The van der Waals surface area contributed by atoms with E-state index in [1.165, 1.54) is 5.57 Å². The van der Waals surface area contributed by atoms with Crippen LogP contribution in [0.5, 0.6) is 0 Å². The summed E-state index contributed by atoms with van der Waals surface area (Å²) in [5, 5.41) is 0. The standard InChI is InChI=1S/C8H12N.W/c1-8(2,3)7-4-5-9-6-7;/h6H,5H2,1-3H3;/q-1;. The van der Waals surface area contributed by atoms with Crippen molar-refractivity contribution in [3.8, 4) is 0 Å². The van der Waals surface area contributed by atoms with Crippen molar-refractivity contribution in [2.45, 2.75) is 20.8 Å². The first-order valence-corrected chi connectivity index (χ1v) is 3.22. The van der Waals surface area contributed by atoms with Crippen molar-refractivity contribution in [1.29, 1.82) is 0 Å². The summed E-state index contributed by atoms with van der Waals surface area (Å²) in [5.41, 5.74) is 1.47. The summed E-state index contributed by atoms with van der Waals surface area (Å²) in [5.74, 6) is 0. The van der Waals surface area contributed by atoms with Crippen molar-refractivity contribution in [1.82, 2.24) is 0 Å². The van der Waals surface area contributed by atoms with Gasteiger partial charge in [0.1, 0.15) is 0 Å². The van der Waals surface area contributed by atoms with Gasteiger partial charge in [-0.1, -0.05) is 20.8 Å². The molecule has 0 fully saturated rings. The first-order chi connectivity index (χ1) is 4.11. The van der Waals surface area contributed by atoms with Gasteiger partial charge in [0.15, 0.2) is 0 Å². The first-order valence-electron chi connectivity index (χ1n) is 3.22. The van der Waals surface area contributed by atoms with Gasteiger partial charge in [0.2, 0.25) is 0 Å². The minimum Gasteiger partial charge on any atom is -0.401 e. The van der Waals surface area contributed by atoms with Gasteiger partial charge in [0.05, 0.1) is 0 Å². The van der Waals surface area contributed by atoms with E-state index in [1.807, 2.05) is 6.21 Å². The Bertz CT molecular complexity index is 163. The molecule has 0 amide bonds. The summed E-state index contributed by atoms with van der Waals surface area (Å²) in [4.78, 5) is 4.06. The smallest absolute Gasteiger partial charge is 0 e. The maximum Gasteiger partial charge on any atom is 0 e. The van der Waals surface area contributed by atoms with E-state index < -0.39 is 0 Å². The molecule has 0 spiro atoms. The van der Waals surface area contributed by atoms with Crippen molar-refractivity contribution in [3.63, 3.8) is 0 Å². The van der Waals surface area contributed by atoms with Crippen LogP contribution >= 0.6 is 0 Å². The Morgan fingerprint density at radius 3 is 2.30 bits per heavy atom. The molecule has 1 rings (SSSR count). The normalized spacial score (nSPS) is 16.5. The third-order valence-electron chi connectivity index (χ3n) is 1.39. The molecule has 0 aromatic carbocycles. The Kier molecular flexibility index (Phi) is 3.51. The average Bonchev–Trinajstić information content (AvgIpc) is 2.08. The SMILES string of the molecule is CC(C)(C)C1=[C-]CN=C1.[W]. The van der Waals surface area contributed by atoms with Gasteiger partial charge in [0.25, 0.3) is 0 Å². The Hall–Kier alpha value is 0.0983. The third-order valence-corrected chi connectivity index (χ3v) is 1.39. The van der Waals surface area contributed by atoms with Crippen LogP contribution in [0, 0.1) is 11.5 Å². The summed E-state index contributed by atoms with van der Waals surface area (Å²) in [6.07, 6.45) is 5.11. The maximum absolute atomic E-state index is 4.06. The maximum atomic E-state index is 4.06. The third kappa shape index (κ3) is 2.38. The van der Waals surface area contributed by atoms with E-state index in [9.17, 15) is 0 Å². The number of rotatable bonds is 0. The van der Waals surface area contributed by atoms with Crippen LogP contribution in [0.25, 0.3) is 0 Å². The zero-order valence-electron chi connectivity index (χ0n) is 6.64. The van der Waals surface area contributed by atoms with E-state index in [1.54, 1.807) is 0 Å². The van der Waals surface area contributed by atoms with Gasteiger partial charge in [-0.25, -0.2) is 6.08 Å². The molecule has 56 valence electrons. The fourth-order valence-electron chi connectivity index (χ4n) is 0.772. The fourth-order valence-corrected chi connectivity index (χ4v) is 0.772. The van der Waals surface area contributed by atoms with Gasteiger partial charge < -0.3 is 4.99 Å². The number of aliphatic imine (C=N–C) groups is 1. The Morgan fingerprint density at radius 1 is 1.50 bits per heavy atom. The molecule has 1 aliphatic rings. The second-order valence-corrected chi connectivity index (χ2v) is 3.31. The number of hydrogen-bond donors (Lipinski definition) is 0. The summed E-state index contributed by atoms with van der Waals surface area (Å²) < 4.78 is 0. The fraction of sp³-hybridized carbons (Fsp3) is 0.625. The van der Waals surface area contributed by atoms with Crippen LogP contribution < -0.4 is 0 Å². The van der Waals surface area contributed by atoms with Crippen LogP contribution in [0.2, 0.25) is 0 Å². The Morgan fingerprint density at radius 2 is 2.10 bits per heavy atom. The van der Waals surface area contributed by atoms with Crippen LogP contribution in [0.15, 0.2) is 10.6 Å². The van der Waals surface area contributed by atoms with E-state index in [4.69, 9.17) is 0 Å². The molecule has 0 saturated heterocycles. The van der Waals surface area contributed by atoms with E-state index in [2.05, 4.69) is 31.8 Å². The molecule has 1 nitrogen and oxygen atoms in total. The molecule has 1 aliphatic heterocycles. The van der Waals surface area contributed by atoms with E-state index in [0.717, 1.165) is 6.54 Å². The van der Waals surface area contributed by atoms with Gasteiger partial charge in [-0.05, 0) is 12.0 Å². The average molecular weight is 306 g/mol. The van der Waals surface area contributed by atoms with E-state index in [0.29, 0.717) is 0 Å². The molecule has 0 radical (unpaired) electrons. The molecular weight excluding hydrogens is 294 g/mol. The van der Waals surface area contributed by atoms with Crippen molar-refractivity contribution in [2.24, 2.45) is 10.4 Å². The predicted octanol–water partition coefficient (Wildman–Crippen LogP) is 1.84. The van der Waals surface area contributed by atoms with Crippen LogP contribution in [0.3, 0.4) is 0 Å². The molecule has 1 heterocycles. The summed E-state index contributed by atoms with van der Waals surface area (Å²) in [6.45, 7) is 7.28.